The van der Waals surface area contributed by atoms with Crippen LogP contribution in [0.2, 0.25) is 0 Å². The van der Waals surface area contributed by atoms with Gasteiger partial charge in [-0.1, -0.05) is 25.0 Å². The Bertz CT molecular complexity index is 595. The van der Waals surface area contributed by atoms with Crippen molar-refractivity contribution in [2.45, 2.75) is 69.6 Å². The number of benzene rings is 1. The van der Waals surface area contributed by atoms with Crippen molar-refractivity contribution in [1.82, 2.24) is 0 Å². The van der Waals surface area contributed by atoms with Gasteiger partial charge in [-0.25, -0.2) is 0 Å². The Labute approximate surface area is 169 Å². The summed E-state index contributed by atoms with van der Waals surface area (Å²) in [5.74, 6) is 0.732. The standard InChI is InChI=1S/C21H32N2O3.ClH/c1-21(2,23)19(15-8-10-18(25-3)11-9-15)12-17(24)14-26-20-7-5-4-6-16(20)13-22;/h8-11,16-17,19-20,24H,4-7,12,14,23H2,1-3H3;1H. The number of rotatable bonds is 8. The van der Waals surface area contributed by atoms with Gasteiger partial charge in [-0.15, -0.1) is 12.4 Å². The molecule has 1 aromatic rings. The highest BCUT2D eigenvalue weighted by molar-refractivity contribution is 5.85. The van der Waals surface area contributed by atoms with Crippen LogP contribution in [-0.4, -0.2) is 36.6 Å². The van der Waals surface area contributed by atoms with E-state index >= 15 is 0 Å². The molecule has 1 fully saturated rings. The highest BCUT2D eigenvalue weighted by atomic mass is 35.5. The van der Waals surface area contributed by atoms with Crippen molar-refractivity contribution < 1.29 is 14.6 Å². The Hall–Kier alpha value is -1.32. The van der Waals surface area contributed by atoms with Crippen LogP contribution in [0.1, 0.15) is 57.4 Å². The third kappa shape index (κ3) is 6.97. The van der Waals surface area contributed by atoms with Gasteiger partial charge in [0.1, 0.15) is 5.75 Å². The molecular weight excluding hydrogens is 364 g/mol. The first kappa shape index (κ1) is 23.7. The molecule has 4 atom stereocenters. The van der Waals surface area contributed by atoms with Crippen molar-refractivity contribution in [1.29, 1.82) is 5.26 Å². The van der Waals surface area contributed by atoms with Gasteiger partial charge in [-0.3, -0.25) is 0 Å². The average molecular weight is 397 g/mol. The molecule has 1 aliphatic rings. The minimum Gasteiger partial charge on any atom is -0.497 e. The molecule has 0 aliphatic heterocycles. The SMILES string of the molecule is COc1ccc(C(CC(O)COC2CCCCC2C#N)C(C)(C)N)cc1.Cl. The van der Waals surface area contributed by atoms with Gasteiger partial charge in [0.25, 0.3) is 0 Å². The quantitative estimate of drug-likeness (QED) is 0.697. The molecule has 3 N–H and O–H groups in total. The summed E-state index contributed by atoms with van der Waals surface area (Å²) < 4.78 is 11.1. The zero-order valence-electron chi connectivity index (χ0n) is 16.6. The first-order valence-electron chi connectivity index (χ1n) is 9.47. The van der Waals surface area contributed by atoms with E-state index < -0.39 is 11.6 Å². The van der Waals surface area contributed by atoms with E-state index in [1.807, 2.05) is 38.1 Å². The molecule has 27 heavy (non-hydrogen) atoms. The van der Waals surface area contributed by atoms with Gasteiger partial charge >= 0.3 is 0 Å². The second-order valence-electron chi connectivity index (χ2n) is 7.93. The third-order valence-electron chi connectivity index (χ3n) is 5.30. The summed E-state index contributed by atoms with van der Waals surface area (Å²) >= 11 is 0. The van der Waals surface area contributed by atoms with E-state index in [0.717, 1.165) is 37.0 Å². The van der Waals surface area contributed by atoms with Crippen molar-refractivity contribution >= 4 is 12.4 Å². The Morgan fingerprint density at radius 1 is 1.26 bits per heavy atom. The van der Waals surface area contributed by atoms with Crippen LogP contribution < -0.4 is 10.5 Å². The molecule has 1 aliphatic carbocycles. The molecule has 0 spiro atoms. The van der Waals surface area contributed by atoms with Crippen LogP contribution in [-0.2, 0) is 4.74 Å². The van der Waals surface area contributed by atoms with E-state index in [4.69, 9.17) is 15.2 Å². The van der Waals surface area contributed by atoms with Gasteiger partial charge in [0.05, 0.1) is 37.9 Å². The number of aliphatic hydroxyl groups excluding tert-OH is 1. The topological polar surface area (TPSA) is 88.5 Å². The number of aliphatic hydroxyl groups is 1. The van der Waals surface area contributed by atoms with Crippen LogP contribution >= 0.6 is 12.4 Å². The van der Waals surface area contributed by atoms with E-state index in [9.17, 15) is 10.4 Å². The molecule has 0 bridgehead atoms. The fourth-order valence-corrected chi connectivity index (χ4v) is 3.72. The molecular formula is C21H33ClN2O3. The van der Waals surface area contributed by atoms with E-state index in [1.54, 1.807) is 7.11 Å². The van der Waals surface area contributed by atoms with Crippen LogP contribution in [0, 0.1) is 17.2 Å². The van der Waals surface area contributed by atoms with E-state index in [-0.39, 0.29) is 37.0 Å². The zero-order chi connectivity index (χ0) is 19.2. The Morgan fingerprint density at radius 3 is 2.44 bits per heavy atom. The van der Waals surface area contributed by atoms with Crippen molar-refractivity contribution in [3.8, 4) is 11.8 Å². The molecule has 6 heteroatoms. The molecule has 0 amide bonds. The number of methoxy groups -OCH3 is 1. The van der Waals surface area contributed by atoms with Crippen LogP contribution in [0.3, 0.4) is 0 Å². The molecule has 2 rings (SSSR count). The number of halogens is 1. The number of nitrogens with two attached hydrogens (primary N) is 1. The third-order valence-corrected chi connectivity index (χ3v) is 5.30. The monoisotopic (exact) mass is 396 g/mol. The van der Waals surface area contributed by atoms with Crippen LogP contribution in [0.25, 0.3) is 0 Å². The predicted octanol–water partition coefficient (Wildman–Crippen LogP) is 3.79. The van der Waals surface area contributed by atoms with Gasteiger partial charge in [0.2, 0.25) is 0 Å². The first-order chi connectivity index (χ1) is 12.3. The normalized spacial score (nSPS) is 22.2. The maximum absolute atomic E-state index is 10.5. The van der Waals surface area contributed by atoms with Crippen LogP contribution in [0.5, 0.6) is 5.75 Å². The number of ether oxygens (including phenoxy) is 2. The van der Waals surface area contributed by atoms with E-state index in [0.29, 0.717) is 6.42 Å². The second kappa shape index (κ2) is 10.9. The summed E-state index contributed by atoms with van der Waals surface area (Å²) in [6.45, 7) is 4.19. The Kier molecular flexibility index (Phi) is 9.55. The number of hydrogen-bond acceptors (Lipinski definition) is 5. The molecule has 0 radical (unpaired) electrons. The molecule has 5 nitrogen and oxygen atoms in total. The zero-order valence-corrected chi connectivity index (χ0v) is 17.4. The molecule has 1 aromatic carbocycles. The van der Waals surface area contributed by atoms with E-state index in [2.05, 4.69) is 6.07 Å². The van der Waals surface area contributed by atoms with Crippen molar-refractivity contribution in [2.24, 2.45) is 11.7 Å². The second-order valence-corrected chi connectivity index (χ2v) is 7.93. The maximum atomic E-state index is 10.5. The molecule has 152 valence electrons. The van der Waals surface area contributed by atoms with Crippen molar-refractivity contribution in [3.05, 3.63) is 29.8 Å². The minimum atomic E-state index is -0.619. The fraction of sp³-hybridized carbons (Fsp3) is 0.667. The van der Waals surface area contributed by atoms with Gasteiger partial charge in [0, 0.05) is 11.5 Å². The largest absolute Gasteiger partial charge is 0.497 e. The lowest BCUT2D eigenvalue weighted by atomic mass is 9.79. The summed E-state index contributed by atoms with van der Waals surface area (Å²) in [6, 6.07) is 10.2. The summed E-state index contributed by atoms with van der Waals surface area (Å²) in [5.41, 5.74) is 6.98. The minimum absolute atomic E-state index is 0. The number of hydrogen-bond donors (Lipinski definition) is 2. The molecule has 0 saturated heterocycles. The molecule has 4 unspecified atom stereocenters. The number of nitrogens with zero attached hydrogens (tertiary/aromatic N) is 1. The fourth-order valence-electron chi connectivity index (χ4n) is 3.72. The maximum Gasteiger partial charge on any atom is 0.118 e. The van der Waals surface area contributed by atoms with Gasteiger partial charge in [0.15, 0.2) is 0 Å². The first-order valence-corrected chi connectivity index (χ1v) is 9.47. The highest BCUT2D eigenvalue weighted by Crippen LogP contribution is 2.32. The van der Waals surface area contributed by atoms with Gasteiger partial charge in [-0.05, 0) is 50.8 Å². The number of nitriles is 1. The average Bonchev–Trinajstić information content (AvgIpc) is 2.64. The lowest BCUT2D eigenvalue weighted by Crippen LogP contribution is -2.41. The summed E-state index contributed by atoms with van der Waals surface area (Å²) in [5, 5.41) is 19.8. The molecule has 0 heterocycles. The molecule has 0 aromatic heterocycles. The van der Waals surface area contributed by atoms with Gasteiger partial charge < -0.3 is 20.3 Å². The summed E-state index contributed by atoms with van der Waals surface area (Å²) in [7, 11) is 1.64. The Morgan fingerprint density at radius 2 is 1.89 bits per heavy atom. The highest BCUT2D eigenvalue weighted by Gasteiger charge is 2.31. The van der Waals surface area contributed by atoms with E-state index in [1.165, 1.54) is 0 Å². The summed E-state index contributed by atoms with van der Waals surface area (Å²) in [6.07, 6.45) is 3.79. The summed E-state index contributed by atoms with van der Waals surface area (Å²) in [4.78, 5) is 0. The predicted molar refractivity (Wildman–Crippen MR) is 109 cm³/mol. The van der Waals surface area contributed by atoms with Crippen molar-refractivity contribution in [3.63, 3.8) is 0 Å². The lowest BCUT2D eigenvalue weighted by molar-refractivity contribution is -0.0433. The van der Waals surface area contributed by atoms with Gasteiger partial charge in [-0.2, -0.15) is 5.26 Å². The lowest BCUT2D eigenvalue weighted by Gasteiger charge is -2.33. The van der Waals surface area contributed by atoms with Crippen molar-refractivity contribution in [2.75, 3.05) is 13.7 Å². The smallest absolute Gasteiger partial charge is 0.118 e. The van der Waals surface area contributed by atoms with Crippen LogP contribution in [0.15, 0.2) is 24.3 Å². The Balaban J connectivity index is 0.00000364. The van der Waals surface area contributed by atoms with Crippen LogP contribution in [0.4, 0.5) is 0 Å². The molecule has 1 saturated carbocycles.